The normalized spacial score (nSPS) is 23.3. The van der Waals surface area contributed by atoms with Crippen molar-refractivity contribution in [2.75, 3.05) is 26.2 Å². The number of nitrogens with two attached hydrogens (primary N) is 1. The Morgan fingerprint density at radius 1 is 1.60 bits per heavy atom. The number of hydrogen-bond acceptors (Lipinski definition) is 3. The van der Waals surface area contributed by atoms with E-state index in [4.69, 9.17) is 23.1 Å². The third kappa shape index (κ3) is 3.70. The van der Waals surface area contributed by atoms with E-state index in [0.717, 1.165) is 32.5 Å². The number of hydrogen-bond donors (Lipinski definition) is 2. The maximum absolute atomic E-state index is 9.03. The number of aliphatic hydroxyl groups is 1. The minimum Gasteiger partial charge on any atom is -0.396 e. The van der Waals surface area contributed by atoms with Crippen LogP contribution in [-0.2, 0) is 0 Å². The van der Waals surface area contributed by atoms with Crippen LogP contribution in [0.4, 0.5) is 0 Å². The third-order valence-corrected chi connectivity index (χ3v) is 3.90. The predicted octanol–water partition coefficient (Wildman–Crippen LogP) is 1.00. The van der Waals surface area contributed by atoms with Crippen LogP contribution in [0.15, 0.2) is 0 Å². The van der Waals surface area contributed by atoms with Crippen molar-refractivity contribution in [2.24, 2.45) is 17.1 Å². The Balaban J connectivity index is 2.29. The van der Waals surface area contributed by atoms with Gasteiger partial charge in [-0.25, -0.2) is 0 Å². The molecule has 1 fully saturated rings. The molecule has 0 bridgehead atoms. The number of aliphatic hydroxyl groups excluding tert-OH is 1. The van der Waals surface area contributed by atoms with Crippen LogP contribution in [0, 0.1) is 11.3 Å². The van der Waals surface area contributed by atoms with E-state index in [0.29, 0.717) is 17.5 Å². The number of thiocarbonyl (C=S) groups is 1. The van der Waals surface area contributed by atoms with Crippen molar-refractivity contribution in [1.29, 1.82) is 0 Å². The summed E-state index contributed by atoms with van der Waals surface area (Å²) in [6.07, 6.45) is 2.12. The molecule has 0 saturated carbocycles. The van der Waals surface area contributed by atoms with Gasteiger partial charge in [-0.3, -0.25) is 0 Å². The van der Waals surface area contributed by atoms with Crippen LogP contribution in [0.2, 0.25) is 0 Å². The molecule has 0 aromatic carbocycles. The second-order valence-corrected chi connectivity index (χ2v) is 5.58. The molecule has 0 aromatic rings. The predicted molar refractivity (Wildman–Crippen MR) is 66.8 cm³/mol. The van der Waals surface area contributed by atoms with Crippen molar-refractivity contribution >= 4 is 17.2 Å². The molecule has 3 nitrogen and oxygen atoms in total. The van der Waals surface area contributed by atoms with Gasteiger partial charge in [0.25, 0.3) is 0 Å². The Bertz CT molecular complexity index is 231. The van der Waals surface area contributed by atoms with Gasteiger partial charge in [0.05, 0.1) is 4.99 Å². The molecule has 15 heavy (non-hydrogen) atoms. The second-order valence-electron chi connectivity index (χ2n) is 5.14. The topological polar surface area (TPSA) is 49.5 Å². The summed E-state index contributed by atoms with van der Waals surface area (Å²) in [7, 11) is 0. The Labute approximate surface area is 97.6 Å². The fourth-order valence-corrected chi connectivity index (χ4v) is 1.93. The molecular formula is C11H22N2OS. The minimum absolute atomic E-state index is 0.0490. The van der Waals surface area contributed by atoms with Crippen molar-refractivity contribution in [3.63, 3.8) is 0 Å². The molecule has 1 rings (SSSR count). The maximum Gasteiger partial charge on any atom is 0.0784 e. The molecule has 1 aliphatic heterocycles. The van der Waals surface area contributed by atoms with Crippen LogP contribution in [0.25, 0.3) is 0 Å². The first-order chi connectivity index (χ1) is 6.95. The Kier molecular flexibility index (Phi) is 4.49. The number of nitrogens with zero attached hydrogens (tertiary/aromatic N) is 1. The summed E-state index contributed by atoms with van der Waals surface area (Å²) in [6.45, 7) is 7.64. The van der Waals surface area contributed by atoms with E-state index in [9.17, 15) is 0 Å². The maximum atomic E-state index is 9.03. The Hall–Kier alpha value is -0.190. The lowest BCUT2D eigenvalue weighted by Gasteiger charge is -2.26. The van der Waals surface area contributed by atoms with Crippen molar-refractivity contribution in [2.45, 2.75) is 26.7 Å². The first-order valence-corrected chi connectivity index (χ1v) is 5.99. The molecule has 1 unspecified atom stereocenters. The van der Waals surface area contributed by atoms with Crippen LogP contribution in [0.1, 0.15) is 26.7 Å². The third-order valence-electron chi connectivity index (χ3n) is 3.35. The van der Waals surface area contributed by atoms with Gasteiger partial charge in [0.2, 0.25) is 0 Å². The van der Waals surface area contributed by atoms with Crippen molar-refractivity contribution in [1.82, 2.24) is 4.90 Å². The van der Waals surface area contributed by atoms with E-state index in [1.807, 2.05) is 0 Å². The molecule has 0 radical (unpaired) electrons. The van der Waals surface area contributed by atoms with Crippen LogP contribution < -0.4 is 5.73 Å². The van der Waals surface area contributed by atoms with Gasteiger partial charge < -0.3 is 15.7 Å². The molecule has 1 aliphatic rings. The van der Waals surface area contributed by atoms with Gasteiger partial charge in [0.1, 0.15) is 0 Å². The lowest BCUT2D eigenvalue weighted by atomic mass is 9.89. The summed E-state index contributed by atoms with van der Waals surface area (Å²) >= 11 is 5.04. The lowest BCUT2D eigenvalue weighted by Crippen LogP contribution is -2.34. The largest absolute Gasteiger partial charge is 0.396 e. The van der Waals surface area contributed by atoms with E-state index in [1.165, 1.54) is 0 Å². The zero-order valence-corrected chi connectivity index (χ0v) is 10.5. The van der Waals surface area contributed by atoms with E-state index < -0.39 is 0 Å². The van der Waals surface area contributed by atoms with Crippen molar-refractivity contribution in [3.05, 3.63) is 0 Å². The summed E-state index contributed by atoms with van der Waals surface area (Å²) < 4.78 is 0. The molecule has 0 amide bonds. The molecule has 0 aromatic heterocycles. The average Bonchev–Trinajstić information content (AvgIpc) is 2.62. The Morgan fingerprint density at radius 3 is 2.73 bits per heavy atom. The average molecular weight is 230 g/mol. The van der Waals surface area contributed by atoms with Gasteiger partial charge in [0, 0.05) is 18.6 Å². The van der Waals surface area contributed by atoms with Crippen LogP contribution in [0.3, 0.4) is 0 Å². The summed E-state index contributed by atoms with van der Waals surface area (Å²) in [5, 5.41) is 9.03. The quantitative estimate of drug-likeness (QED) is 0.692. The van der Waals surface area contributed by atoms with Crippen LogP contribution in [0.5, 0.6) is 0 Å². The zero-order valence-electron chi connectivity index (χ0n) is 9.70. The highest BCUT2D eigenvalue weighted by molar-refractivity contribution is 7.80. The van der Waals surface area contributed by atoms with E-state index in [1.54, 1.807) is 0 Å². The summed E-state index contributed by atoms with van der Waals surface area (Å²) in [5.74, 6) is 0.470. The second kappa shape index (κ2) is 5.23. The SMILES string of the molecule is CC(C)(CCN1CCC(CO)C1)C(N)=S. The molecule has 1 heterocycles. The minimum atomic E-state index is -0.0490. The van der Waals surface area contributed by atoms with Gasteiger partial charge in [0.15, 0.2) is 0 Å². The summed E-state index contributed by atoms with van der Waals surface area (Å²) in [4.78, 5) is 2.99. The molecule has 3 N–H and O–H groups in total. The smallest absolute Gasteiger partial charge is 0.0784 e. The monoisotopic (exact) mass is 230 g/mol. The molecule has 0 aliphatic carbocycles. The Morgan fingerprint density at radius 2 is 2.27 bits per heavy atom. The van der Waals surface area contributed by atoms with E-state index in [2.05, 4.69) is 18.7 Å². The molecule has 4 heteroatoms. The fraction of sp³-hybridized carbons (Fsp3) is 0.909. The van der Waals surface area contributed by atoms with Gasteiger partial charge >= 0.3 is 0 Å². The van der Waals surface area contributed by atoms with Gasteiger partial charge in [-0.15, -0.1) is 0 Å². The van der Waals surface area contributed by atoms with Crippen molar-refractivity contribution in [3.8, 4) is 0 Å². The lowest BCUT2D eigenvalue weighted by molar-refractivity contribution is 0.217. The molecule has 1 saturated heterocycles. The van der Waals surface area contributed by atoms with Crippen molar-refractivity contribution < 1.29 is 5.11 Å². The highest BCUT2D eigenvalue weighted by Gasteiger charge is 2.26. The highest BCUT2D eigenvalue weighted by atomic mass is 32.1. The fourth-order valence-electron chi connectivity index (χ4n) is 1.83. The molecule has 0 spiro atoms. The zero-order chi connectivity index (χ0) is 11.5. The van der Waals surface area contributed by atoms with Gasteiger partial charge in [-0.1, -0.05) is 26.1 Å². The van der Waals surface area contributed by atoms with Gasteiger partial charge in [-0.05, 0) is 31.8 Å². The standard InChI is InChI=1S/C11H22N2OS/c1-11(2,10(12)15)4-6-13-5-3-9(7-13)8-14/h9,14H,3-8H2,1-2H3,(H2,12,15). The number of likely N-dealkylation sites (tertiary alicyclic amines) is 1. The summed E-state index contributed by atoms with van der Waals surface area (Å²) in [6, 6.07) is 0. The molecule has 88 valence electrons. The van der Waals surface area contributed by atoms with Gasteiger partial charge in [-0.2, -0.15) is 0 Å². The van der Waals surface area contributed by atoms with E-state index >= 15 is 0 Å². The highest BCUT2D eigenvalue weighted by Crippen LogP contribution is 2.23. The van der Waals surface area contributed by atoms with E-state index in [-0.39, 0.29) is 5.41 Å². The van der Waals surface area contributed by atoms with Crippen LogP contribution in [-0.4, -0.2) is 41.2 Å². The molecule has 1 atom stereocenters. The first kappa shape index (κ1) is 12.9. The van der Waals surface area contributed by atoms with Crippen LogP contribution >= 0.6 is 12.2 Å². The molecular weight excluding hydrogens is 208 g/mol. The number of rotatable bonds is 5. The first-order valence-electron chi connectivity index (χ1n) is 5.59. The summed E-state index contributed by atoms with van der Waals surface area (Å²) in [5.41, 5.74) is 5.63.